The van der Waals surface area contributed by atoms with Gasteiger partial charge in [0.25, 0.3) is 0 Å². The summed E-state index contributed by atoms with van der Waals surface area (Å²) >= 11 is 2.05. The first kappa shape index (κ1) is 22.7. The molecule has 0 saturated carbocycles. The number of rotatable bonds is 9. The summed E-state index contributed by atoms with van der Waals surface area (Å²) in [6.07, 6.45) is 2.84. The van der Waals surface area contributed by atoms with E-state index >= 15 is 0 Å². The van der Waals surface area contributed by atoms with E-state index in [1.807, 2.05) is 38.2 Å². The molecular weight excluding hydrogens is 418 g/mol. The minimum atomic E-state index is 0.589. The quantitative estimate of drug-likeness (QED) is 0.438. The van der Waals surface area contributed by atoms with E-state index in [1.54, 1.807) is 0 Å². The lowest BCUT2D eigenvalue weighted by Crippen LogP contribution is -2.32. The highest BCUT2D eigenvalue weighted by Crippen LogP contribution is 2.36. The van der Waals surface area contributed by atoms with E-state index in [9.17, 15) is 0 Å². The predicted molar refractivity (Wildman–Crippen MR) is 136 cm³/mol. The maximum absolute atomic E-state index is 5.86. The SMILES string of the molecule is CCOc1cc2nccc(Nc3cccc(CN4CCSCC4)c3CC)c2cc1OCC. The summed E-state index contributed by atoms with van der Waals surface area (Å²) in [6.45, 7) is 10.7. The Balaban J connectivity index is 1.68. The molecule has 32 heavy (non-hydrogen) atoms. The van der Waals surface area contributed by atoms with Crippen molar-refractivity contribution in [1.29, 1.82) is 0 Å². The zero-order valence-corrected chi connectivity index (χ0v) is 20.1. The van der Waals surface area contributed by atoms with Crippen LogP contribution in [0.3, 0.4) is 0 Å². The van der Waals surface area contributed by atoms with Crippen molar-refractivity contribution in [3.05, 3.63) is 53.7 Å². The highest BCUT2D eigenvalue weighted by molar-refractivity contribution is 7.99. The Morgan fingerprint density at radius 1 is 0.969 bits per heavy atom. The second-order valence-corrected chi connectivity index (χ2v) is 9.08. The number of pyridine rings is 1. The number of hydrogen-bond donors (Lipinski definition) is 1. The molecule has 5 nitrogen and oxygen atoms in total. The molecule has 1 aromatic heterocycles. The van der Waals surface area contributed by atoms with Gasteiger partial charge in [-0.3, -0.25) is 9.88 Å². The third-order valence-corrected chi connectivity index (χ3v) is 6.74. The first-order chi connectivity index (χ1) is 15.7. The maximum atomic E-state index is 5.86. The number of benzene rings is 2. The molecule has 0 amide bonds. The summed E-state index contributed by atoms with van der Waals surface area (Å²) in [5.74, 6) is 3.95. The average molecular weight is 452 g/mol. The van der Waals surface area contributed by atoms with Crippen LogP contribution in [0.1, 0.15) is 31.9 Å². The second kappa shape index (κ2) is 10.9. The van der Waals surface area contributed by atoms with Crippen molar-refractivity contribution in [2.24, 2.45) is 0 Å². The molecule has 6 heteroatoms. The number of hydrogen-bond acceptors (Lipinski definition) is 6. The Kier molecular flexibility index (Phi) is 7.76. The van der Waals surface area contributed by atoms with E-state index in [-0.39, 0.29) is 0 Å². The van der Waals surface area contributed by atoms with Crippen LogP contribution in [-0.2, 0) is 13.0 Å². The van der Waals surface area contributed by atoms with Crippen LogP contribution in [0.2, 0.25) is 0 Å². The van der Waals surface area contributed by atoms with Crippen LogP contribution < -0.4 is 14.8 Å². The van der Waals surface area contributed by atoms with Crippen LogP contribution in [0.5, 0.6) is 11.5 Å². The molecule has 1 saturated heterocycles. The first-order valence-corrected chi connectivity index (χ1v) is 12.7. The van der Waals surface area contributed by atoms with Gasteiger partial charge < -0.3 is 14.8 Å². The smallest absolute Gasteiger partial charge is 0.163 e. The second-order valence-electron chi connectivity index (χ2n) is 7.85. The topological polar surface area (TPSA) is 46.6 Å². The van der Waals surface area contributed by atoms with Gasteiger partial charge in [-0.15, -0.1) is 0 Å². The van der Waals surface area contributed by atoms with E-state index in [0.717, 1.165) is 46.7 Å². The minimum absolute atomic E-state index is 0.589. The molecule has 0 atom stereocenters. The van der Waals surface area contributed by atoms with Crippen LogP contribution in [-0.4, -0.2) is 47.7 Å². The number of ether oxygens (including phenoxy) is 2. The fourth-order valence-electron chi connectivity index (χ4n) is 4.26. The predicted octanol–water partition coefficient (Wildman–Crippen LogP) is 5.89. The third-order valence-electron chi connectivity index (χ3n) is 5.80. The summed E-state index contributed by atoms with van der Waals surface area (Å²) in [4.78, 5) is 7.15. The summed E-state index contributed by atoms with van der Waals surface area (Å²) in [5.41, 5.74) is 5.88. The molecular formula is C26H33N3O2S. The molecule has 170 valence electrons. The molecule has 1 N–H and O–H groups in total. The zero-order chi connectivity index (χ0) is 22.3. The van der Waals surface area contributed by atoms with E-state index in [0.29, 0.717) is 13.2 Å². The molecule has 0 radical (unpaired) electrons. The Morgan fingerprint density at radius 2 is 1.72 bits per heavy atom. The van der Waals surface area contributed by atoms with Crippen molar-refractivity contribution in [1.82, 2.24) is 9.88 Å². The molecule has 1 fully saturated rings. The van der Waals surface area contributed by atoms with Crippen molar-refractivity contribution in [3.8, 4) is 11.5 Å². The van der Waals surface area contributed by atoms with Gasteiger partial charge in [-0.2, -0.15) is 11.8 Å². The number of thioether (sulfide) groups is 1. The molecule has 0 bridgehead atoms. The molecule has 0 spiro atoms. The molecule has 2 heterocycles. The van der Waals surface area contributed by atoms with E-state index in [4.69, 9.17) is 9.47 Å². The molecule has 0 aliphatic carbocycles. The first-order valence-electron chi connectivity index (χ1n) is 11.6. The van der Waals surface area contributed by atoms with E-state index < -0.39 is 0 Å². The maximum Gasteiger partial charge on any atom is 0.163 e. The van der Waals surface area contributed by atoms with Gasteiger partial charge in [-0.25, -0.2) is 0 Å². The molecule has 3 aromatic rings. The Bertz CT molecular complexity index is 1050. The summed E-state index contributed by atoms with van der Waals surface area (Å²) in [7, 11) is 0. The molecule has 1 aliphatic rings. The summed E-state index contributed by atoms with van der Waals surface area (Å²) < 4.78 is 11.7. The van der Waals surface area contributed by atoms with E-state index in [2.05, 4.69) is 52.1 Å². The van der Waals surface area contributed by atoms with Gasteiger partial charge in [0.1, 0.15) is 0 Å². The minimum Gasteiger partial charge on any atom is -0.490 e. The highest BCUT2D eigenvalue weighted by atomic mass is 32.2. The largest absolute Gasteiger partial charge is 0.490 e. The van der Waals surface area contributed by atoms with Gasteiger partial charge in [0.2, 0.25) is 0 Å². The van der Waals surface area contributed by atoms with Gasteiger partial charge in [0.15, 0.2) is 11.5 Å². The Hall–Kier alpha value is -2.44. The van der Waals surface area contributed by atoms with Gasteiger partial charge in [0, 0.05) is 60.2 Å². The Morgan fingerprint density at radius 3 is 2.44 bits per heavy atom. The monoisotopic (exact) mass is 451 g/mol. The fourth-order valence-corrected chi connectivity index (χ4v) is 5.24. The van der Waals surface area contributed by atoms with Crippen LogP contribution >= 0.6 is 11.8 Å². The van der Waals surface area contributed by atoms with Crippen molar-refractivity contribution in [2.75, 3.05) is 43.1 Å². The van der Waals surface area contributed by atoms with Crippen LogP contribution in [0.25, 0.3) is 10.9 Å². The molecule has 1 aliphatic heterocycles. The highest BCUT2D eigenvalue weighted by Gasteiger charge is 2.16. The molecule has 0 unspecified atom stereocenters. The van der Waals surface area contributed by atoms with Gasteiger partial charge in [-0.1, -0.05) is 19.1 Å². The van der Waals surface area contributed by atoms with Crippen LogP contribution in [0.4, 0.5) is 11.4 Å². The standard InChI is InChI=1S/C26H33N3O2S/c1-4-20-19(18-29-12-14-32-15-13-29)8-7-9-22(20)28-23-10-11-27-24-17-26(31-6-3)25(30-5-2)16-21(23)24/h7-11,16-17H,4-6,12-15,18H2,1-3H3,(H,27,28). The van der Waals surface area contributed by atoms with Crippen molar-refractivity contribution < 1.29 is 9.47 Å². The Labute approximate surface area is 195 Å². The van der Waals surface area contributed by atoms with Crippen molar-refractivity contribution in [2.45, 2.75) is 33.7 Å². The molecule has 4 rings (SSSR count). The lowest BCUT2D eigenvalue weighted by Gasteiger charge is -2.27. The van der Waals surface area contributed by atoms with Crippen molar-refractivity contribution in [3.63, 3.8) is 0 Å². The van der Waals surface area contributed by atoms with Crippen LogP contribution in [0, 0.1) is 0 Å². The third kappa shape index (κ3) is 5.13. The number of aromatic nitrogens is 1. The van der Waals surface area contributed by atoms with Crippen molar-refractivity contribution >= 4 is 34.0 Å². The van der Waals surface area contributed by atoms with E-state index in [1.165, 1.54) is 35.7 Å². The van der Waals surface area contributed by atoms with Gasteiger partial charge >= 0.3 is 0 Å². The number of nitrogens with zero attached hydrogens (tertiary/aromatic N) is 2. The number of anilines is 2. The van der Waals surface area contributed by atoms with Gasteiger partial charge in [-0.05, 0) is 49.6 Å². The normalized spacial score (nSPS) is 14.5. The zero-order valence-electron chi connectivity index (χ0n) is 19.3. The summed E-state index contributed by atoms with van der Waals surface area (Å²) in [5, 5.41) is 4.73. The summed E-state index contributed by atoms with van der Waals surface area (Å²) in [6, 6.07) is 12.7. The number of fused-ring (bicyclic) bond motifs is 1. The fraction of sp³-hybridized carbons (Fsp3) is 0.423. The average Bonchev–Trinajstić information content (AvgIpc) is 2.81. The number of nitrogens with one attached hydrogen (secondary N) is 1. The van der Waals surface area contributed by atoms with Gasteiger partial charge in [0.05, 0.1) is 18.7 Å². The molecule has 2 aromatic carbocycles. The van der Waals surface area contributed by atoms with Crippen LogP contribution in [0.15, 0.2) is 42.6 Å². The lowest BCUT2D eigenvalue weighted by atomic mass is 10.0. The lowest BCUT2D eigenvalue weighted by molar-refractivity contribution is 0.288.